The van der Waals surface area contributed by atoms with Crippen molar-refractivity contribution in [2.45, 2.75) is 6.54 Å². The highest BCUT2D eigenvalue weighted by atomic mass is 35.5. The minimum absolute atomic E-state index is 0.492. The van der Waals surface area contributed by atoms with Crippen molar-refractivity contribution in [2.24, 2.45) is 0 Å². The first-order chi connectivity index (χ1) is 8.70. The number of ether oxygens (including phenoxy) is 1. The third kappa shape index (κ3) is 3.46. The molecule has 0 bridgehead atoms. The normalized spacial score (nSPS) is 11.1. The number of nitrogens with one attached hydrogen (secondary N) is 1. The number of halogens is 2. The average Bonchev–Trinajstić information content (AvgIpc) is 2.91. The van der Waals surface area contributed by atoms with Crippen LogP contribution in [0.5, 0.6) is 0 Å². The minimum Gasteiger partial charge on any atom is -0.444 e. The summed E-state index contributed by atoms with van der Waals surface area (Å²) in [5.74, 6) is 0.492. The number of methoxy groups -OCH3 is 1. The number of hydrogen-bond acceptors (Lipinski definition) is 5. The van der Waals surface area contributed by atoms with Gasteiger partial charge in [0.05, 0.1) is 22.2 Å². The van der Waals surface area contributed by atoms with Crippen LogP contribution in [-0.4, -0.2) is 25.2 Å². The Morgan fingerprint density at radius 1 is 1.50 bits per heavy atom. The summed E-state index contributed by atoms with van der Waals surface area (Å²) in [5, 5.41) is 3.18. The van der Waals surface area contributed by atoms with Crippen molar-refractivity contribution in [2.75, 3.05) is 20.3 Å². The molecule has 0 spiro atoms. The number of rotatable bonds is 6. The van der Waals surface area contributed by atoms with E-state index < -0.39 is 0 Å². The van der Waals surface area contributed by atoms with Gasteiger partial charge >= 0.3 is 0 Å². The van der Waals surface area contributed by atoms with Crippen molar-refractivity contribution in [1.82, 2.24) is 10.3 Å². The van der Waals surface area contributed by atoms with Crippen LogP contribution in [0.3, 0.4) is 0 Å². The van der Waals surface area contributed by atoms with Crippen LogP contribution >= 0.6 is 34.5 Å². The fourth-order valence-corrected chi connectivity index (χ4v) is 2.84. The van der Waals surface area contributed by atoms with Crippen molar-refractivity contribution in [1.29, 1.82) is 0 Å². The SMILES string of the molecule is COCCNCc1coc(-c2cc(Cl)sc2Cl)n1. The second-order valence-electron chi connectivity index (χ2n) is 3.55. The fourth-order valence-electron chi connectivity index (χ4n) is 1.39. The lowest BCUT2D eigenvalue weighted by atomic mass is 10.3. The standard InChI is InChI=1S/C11H12Cl2N2O2S/c1-16-3-2-14-5-7-6-17-11(15-7)8-4-9(12)18-10(8)13/h4,6,14H,2-3,5H2,1H3. The highest BCUT2D eigenvalue weighted by molar-refractivity contribution is 7.20. The maximum absolute atomic E-state index is 6.04. The van der Waals surface area contributed by atoms with Crippen molar-refractivity contribution in [3.8, 4) is 11.5 Å². The smallest absolute Gasteiger partial charge is 0.228 e. The zero-order chi connectivity index (χ0) is 13.0. The molecule has 7 heteroatoms. The van der Waals surface area contributed by atoms with Crippen molar-refractivity contribution in [3.63, 3.8) is 0 Å². The molecule has 0 radical (unpaired) electrons. The van der Waals surface area contributed by atoms with E-state index in [-0.39, 0.29) is 0 Å². The molecule has 1 N–H and O–H groups in total. The molecule has 2 heterocycles. The van der Waals surface area contributed by atoms with E-state index in [1.54, 1.807) is 19.4 Å². The summed E-state index contributed by atoms with van der Waals surface area (Å²) in [6.45, 7) is 2.06. The first-order valence-electron chi connectivity index (χ1n) is 5.30. The predicted octanol–water partition coefficient (Wildman–Crippen LogP) is 3.45. The van der Waals surface area contributed by atoms with Crippen LogP contribution in [-0.2, 0) is 11.3 Å². The van der Waals surface area contributed by atoms with E-state index in [2.05, 4.69) is 10.3 Å². The lowest BCUT2D eigenvalue weighted by Crippen LogP contribution is -2.18. The van der Waals surface area contributed by atoms with Crippen molar-refractivity contribution >= 4 is 34.5 Å². The molecule has 0 amide bonds. The van der Waals surface area contributed by atoms with Crippen LogP contribution in [0.4, 0.5) is 0 Å². The third-order valence-corrected chi connectivity index (χ3v) is 3.72. The molecule has 0 fully saturated rings. The first kappa shape index (κ1) is 13.8. The number of nitrogens with zero attached hydrogens (tertiary/aromatic N) is 1. The van der Waals surface area contributed by atoms with Gasteiger partial charge in [0.2, 0.25) is 5.89 Å². The van der Waals surface area contributed by atoms with Crippen molar-refractivity contribution in [3.05, 3.63) is 26.7 Å². The first-order valence-corrected chi connectivity index (χ1v) is 6.87. The molecular weight excluding hydrogens is 295 g/mol. The van der Waals surface area contributed by atoms with Gasteiger partial charge in [0, 0.05) is 20.2 Å². The van der Waals surface area contributed by atoms with Crippen LogP contribution in [0, 0.1) is 0 Å². The topological polar surface area (TPSA) is 47.3 Å². The van der Waals surface area contributed by atoms with Gasteiger partial charge in [-0.3, -0.25) is 0 Å². The maximum Gasteiger partial charge on any atom is 0.228 e. The molecule has 2 aromatic heterocycles. The Morgan fingerprint density at radius 2 is 2.33 bits per heavy atom. The van der Waals surface area contributed by atoms with Gasteiger partial charge in [-0.25, -0.2) is 4.98 Å². The Balaban J connectivity index is 1.99. The summed E-state index contributed by atoms with van der Waals surface area (Å²) in [5.41, 5.74) is 1.55. The zero-order valence-electron chi connectivity index (χ0n) is 9.70. The highest BCUT2D eigenvalue weighted by Gasteiger charge is 2.13. The van der Waals surface area contributed by atoms with Gasteiger partial charge < -0.3 is 14.5 Å². The molecule has 0 aliphatic rings. The summed E-state index contributed by atoms with van der Waals surface area (Å²) >= 11 is 13.2. The Bertz CT molecular complexity index is 513. The predicted molar refractivity (Wildman–Crippen MR) is 73.4 cm³/mol. The summed E-state index contributed by atoms with van der Waals surface area (Å²) in [4.78, 5) is 4.35. The summed E-state index contributed by atoms with van der Waals surface area (Å²) < 4.78 is 11.5. The lowest BCUT2D eigenvalue weighted by molar-refractivity contribution is 0.199. The second kappa shape index (κ2) is 6.54. The molecule has 4 nitrogen and oxygen atoms in total. The zero-order valence-corrected chi connectivity index (χ0v) is 12.0. The van der Waals surface area contributed by atoms with Gasteiger partial charge in [-0.1, -0.05) is 23.2 Å². The molecule has 98 valence electrons. The van der Waals surface area contributed by atoms with E-state index in [1.807, 2.05) is 0 Å². The Morgan fingerprint density at radius 3 is 3.00 bits per heavy atom. The molecule has 18 heavy (non-hydrogen) atoms. The highest BCUT2D eigenvalue weighted by Crippen LogP contribution is 2.37. The molecule has 0 saturated heterocycles. The summed E-state index contributed by atoms with van der Waals surface area (Å²) in [6.07, 6.45) is 1.61. The summed E-state index contributed by atoms with van der Waals surface area (Å²) in [6, 6.07) is 1.75. The number of oxazole rings is 1. The van der Waals surface area contributed by atoms with Gasteiger partial charge in [-0.2, -0.15) is 0 Å². The Hall–Kier alpha value is -0.590. The molecule has 0 aromatic carbocycles. The Labute approximate surface area is 119 Å². The van der Waals surface area contributed by atoms with Crippen LogP contribution < -0.4 is 5.32 Å². The molecule has 2 rings (SSSR count). The Kier molecular flexibility index (Phi) is 5.03. The monoisotopic (exact) mass is 306 g/mol. The molecule has 0 aliphatic carbocycles. The minimum atomic E-state index is 0.492. The van der Waals surface area contributed by atoms with Crippen LogP contribution in [0.15, 0.2) is 16.7 Å². The van der Waals surface area contributed by atoms with E-state index in [1.165, 1.54) is 11.3 Å². The summed E-state index contributed by atoms with van der Waals surface area (Å²) in [7, 11) is 1.66. The fraction of sp³-hybridized carbons (Fsp3) is 0.364. The molecule has 0 saturated carbocycles. The maximum atomic E-state index is 6.04. The van der Waals surface area contributed by atoms with Crippen LogP contribution in [0.25, 0.3) is 11.5 Å². The van der Waals surface area contributed by atoms with Gasteiger partial charge in [-0.15, -0.1) is 11.3 Å². The van der Waals surface area contributed by atoms with Gasteiger partial charge in [0.25, 0.3) is 0 Å². The molecule has 2 aromatic rings. The molecule has 0 unspecified atom stereocenters. The van der Waals surface area contributed by atoms with Gasteiger partial charge in [0.15, 0.2) is 0 Å². The van der Waals surface area contributed by atoms with Crippen LogP contribution in [0.1, 0.15) is 5.69 Å². The van der Waals surface area contributed by atoms with E-state index in [4.69, 9.17) is 32.4 Å². The molecule has 0 atom stereocenters. The third-order valence-electron chi connectivity index (χ3n) is 2.23. The van der Waals surface area contributed by atoms with E-state index in [9.17, 15) is 0 Å². The van der Waals surface area contributed by atoms with E-state index in [0.29, 0.717) is 27.7 Å². The number of hydrogen-bond donors (Lipinski definition) is 1. The second-order valence-corrected chi connectivity index (χ2v) is 5.84. The van der Waals surface area contributed by atoms with Crippen molar-refractivity contribution < 1.29 is 9.15 Å². The number of thiophene rings is 1. The average molecular weight is 307 g/mol. The lowest BCUT2D eigenvalue weighted by Gasteiger charge is -1.99. The quantitative estimate of drug-likeness (QED) is 0.830. The largest absolute Gasteiger partial charge is 0.444 e. The van der Waals surface area contributed by atoms with Gasteiger partial charge in [-0.05, 0) is 6.07 Å². The van der Waals surface area contributed by atoms with E-state index >= 15 is 0 Å². The van der Waals surface area contributed by atoms with Gasteiger partial charge in [0.1, 0.15) is 10.6 Å². The van der Waals surface area contributed by atoms with Crippen LogP contribution in [0.2, 0.25) is 8.67 Å². The molecule has 0 aliphatic heterocycles. The number of aromatic nitrogens is 1. The van der Waals surface area contributed by atoms with E-state index in [0.717, 1.165) is 17.8 Å². The molecular formula is C11H12Cl2N2O2S.